The minimum absolute atomic E-state index is 0.0149. The lowest BCUT2D eigenvalue weighted by Crippen LogP contribution is -2.16. The summed E-state index contributed by atoms with van der Waals surface area (Å²) >= 11 is 0. The van der Waals surface area contributed by atoms with Crippen LogP contribution in [0.2, 0.25) is 0 Å². The molecule has 3 atom stereocenters. The molecule has 0 aromatic heterocycles. The molecule has 0 aromatic rings. The van der Waals surface area contributed by atoms with E-state index in [0.29, 0.717) is 6.42 Å². The summed E-state index contributed by atoms with van der Waals surface area (Å²) in [5.41, 5.74) is 0. The summed E-state index contributed by atoms with van der Waals surface area (Å²) in [4.78, 5) is 0. The zero-order valence-corrected chi connectivity index (χ0v) is 5.83. The maximum Gasteiger partial charge on any atom is 0.0602 e. The van der Waals surface area contributed by atoms with Crippen molar-refractivity contribution in [3.8, 4) is 12.3 Å². The van der Waals surface area contributed by atoms with E-state index in [0.717, 1.165) is 6.42 Å². The van der Waals surface area contributed by atoms with Gasteiger partial charge in [-0.25, -0.2) is 0 Å². The number of hydrogen-bond acceptors (Lipinski definition) is 2. The van der Waals surface area contributed by atoms with Gasteiger partial charge in [-0.3, -0.25) is 0 Å². The van der Waals surface area contributed by atoms with E-state index in [-0.39, 0.29) is 24.5 Å². The van der Waals surface area contributed by atoms with Gasteiger partial charge < -0.3 is 10.2 Å². The molecule has 2 N–H and O–H groups in total. The molecule has 2 nitrogen and oxygen atoms in total. The van der Waals surface area contributed by atoms with E-state index in [1.54, 1.807) is 0 Å². The minimum atomic E-state index is -0.383. The van der Waals surface area contributed by atoms with Crippen molar-refractivity contribution in [1.82, 2.24) is 0 Å². The van der Waals surface area contributed by atoms with Crippen molar-refractivity contribution in [1.29, 1.82) is 0 Å². The van der Waals surface area contributed by atoms with Crippen molar-refractivity contribution < 1.29 is 10.2 Å². The van der Waals surface area contributed by atoms with Crippen LogP contribution in [0, 0.1) is 24.2 Å². The highest BCUT2D eigenvalue weighted by atomic mass is 16.3. The highest BCUT2D eigenvalue weighted by molar-refractivity contribution is 5.00. The Labute approximate surface area is 60.9 Å². The summed E-state index contributed by atoms with van der Waals surface area (Å²) in [6.45, 7) is 0.0549. The predicted octanol–water partition coefficient (Wildman–Crippen LogP) is -0.00100. The van der Waals surface area contributed by atoms with Crippen LogP contribution in [0.4, 0.5) is 0 Å². The van der Waals surface area contributed by atoms with Gasteiger partial charge in [0.05, 0.1) is 6.10 Å². The van der Waals surface area contributed by atoms with E-state index >= 15 is 0 Å². The second kappa shape index (κ2) is 3.05. The Morgan fingerprint density at radius 3 is 2.50 bits per heavy atom. The fourth-order valence-corrected chi connectivity index (χ4v) is 1.44. The first-order valence-electron chi connectivity index (χ1n) is 3.53. The predicted molar refractivity (Wildman–Crippen MR) is 38.1 cm³/mol. The topological polar surface area (TPSA) is 40.5 Å². The molecule has 10 heavy (non-hydrogen) atoms. The molecule has 1 rings (SSSR count). The summed E-state index contributed by atoms with van der Waals surface area (Å²) in [7, 11) is 0. The molecule has 0 amide bonds. The Hall–Kier alpha value is -0.520. The van der Waals surface area contributed by atoms with E-state index in [2.05, 4.69) is 5.92 Å². The molecule has 0 radical (unpaired) electrons. The third-order valence-corrected chi connectivity index (χ3v) is 2.13. The van der Waals surface area contributed by atoms with Gasteiger partial charge >= 0.3 is 0 Å². The maximum atomic E-state index is 9.23. The molecule has 0 aliphatic heterocycles. The summed E-state index contributed by atoms with van der Waals surface area (Å²) in [5, 5.41) is 18.0. The molecule has 1 saturated carbocycles. The molecule has 1 fully saturated rings. The SMILES string of the molecule is C#CC1CC(O)C(CO)C1. The smallest absolute Gasteiger partial charge is 0.0602 e. The van der Waals surface area contributed by atoms with Gasteiger partial charge in [-0.05, 0) is 12.8 Å². The van der Waals surface area contributed by atoms with Crippen molar-refractivity contribution in [3.05, 3.63) is 0 Å². The molecule has 2 heteroatoms. The second-order valence-electron chi connectivity index (χ2n) is 2.84. The standard InChI is InChI=1S/C8H12O2/c1-2-6-3-7(5-9)8(10)4-6/h1,6-10H,3-5H2. The average Bonchev–Trinajstić information content (AvgIpc) is 2.30. The number of terminal acetylenes is 1. The number of aliphatic hydroxyl groups is 2. The van der Waals surface area contributed by atoms with Gasteiger partial charge in [0.25, 0.3) is 0 Å². The van der Waals surface area contributed by atoms with Crippen molar-refractivity contribution in [2.24, 2.45) is 11.8 Å². The molecule has 56 valence electrons. The summed E-state index contributed by atoms with van der Waals surface area (Å²) < 4.78 is 0. The second-order valence-corrected chi connectivity index (χ2v) is 2.84. The lowest BCUT2D eigenvalue weighted by atomic mass is 10.1. The minimum Gasteiger partial charge on any atom is -0.396 e. The maximum absolute atomic E-state index is 9.23. The molecule has 0 aromatic carbocycles. The monoisotopic (exact) mass is 140 g/mol. The van der Waals surface area contributed by atoms with Crippen molar-refractivity contribution >= 4 is 0 Å². The molecule has 0 spiro atoms. The van der Waals surface area contributed by atoms with Crippen LogP contribution in [0.1, 0.15) is 12.8 Å². The first kappa shape index (κ1) is 7.59. The van der Waals surface area contributed by atoms with E-state index < -0.39 is 0 Å². The number of hydrogen-bond donors (Lipinski definition) is 2. The Morgan fingerprint density at radius 2 is 2.20 bits per heavy atom. The van der Waals surface area contributed by atoms with Crippen LogP contribution in [0.25, 0.3) is 0 Å². The first-order chi connectivity index (χ1) is 4.77. The quantitative estimate of drug-likeness (QED) is 0.503. The van der Waals surface area contributed by atoms with Gasteiger partial charge in [0.1, 0.15) is 0 Å². The number of aliphatic hydroxyl groups excluding tert-OH is 2. The van der Waals surface area contributed by atoms with E-state index in [9.17, 15) is 5.11 Å². The summed E-state index contributed by atoms with van der Waals surface area (Å²) in [6.07, 6.45) is 6.21. The van der Waals surface area contributed by atoms with Crippen LogP contribution >= 0.6 is 0 Å². The van der Waals surface area contributed by atoms with E-state index in [1.165, 1.54) is 0 Å². The molecule has 0 bridgehead atoms. The number of rotatable bonds is 1. The van der Waals surface area contributed by atoms with Crippen LogP contribution in [-0.2, 0) is 0 Å². The Kier molecular flexibility index (Phi) is 2.31. The normalized spacial score (nSPS) is 39.5. The highest BCUT2D eigenvalue weighted by Gasteiger charge is 2.30. The fraction of sp³-hybridized carbons (Fsp3) is 0.750. The van der Waals surface area contributed by atoms with E-state index in [4.69, 9.17) is 11.5 Å². The van der Waals surface area contributed by atoms with E-state index in [1.807, 2.05) is 0 Å². The molecule has 1 aliphatic carbocycles. The Balaban J connectivity index is 2.46. The van der Waals surface area contributed by atoms with Crippen LogP contribution in [0.5, 0.6) is 0 Å². The Morgan fingerprint density at radius 1 is 1.50 bits per heavy atom. The van der Waals surface area contributed by atoms with Crippen LogP contribution < -0.4 is 0 Å². The third-order valence-electron chi connectivity index (χ3n) is 2.13. The molecular formula is C8H12O2. The van der Waals surface area contributed by atoms with Gasteiger partial charge in [0.15, 0.2) is 0 Å². The van der Waals surface area contributed by atoms with Crippen LogP contribution in [0.3, 0.4) is 0 Å². The molecule has 1 aliphatic rings. The Bertz CT molecular complexity index is 148. The van der Waals surface area contributed by atoms with Gasteiger partial charge in [0.2, 0.25) is 0 Å². The third kappa shape index (κ3) is 1.31. The lowest BCUT2D eigenvalue weighted by molar-refractivity contribution is 0.0907. The zero-order chi connectivity index (χ0) is 7.56. The summed E-state index contributed by atoms with van der Waals surface area (Å²) in [6, 6.07) is 0. The molecule has 3 unspecified atom stereocenters. The first-order valence-corrected chi connectivity index (χ1v) is 3.53. The van der Waals surface area contributed by atoms with Gasteiger partial charge in [-0.1, -0.05) is 0 Å². The van der Waals surface area contributed by atoms with Gasteiger partial charge in [-0.2, -0.15) is 0 Å². The van der Waals surface area contributed by atoms with Crippen molar-refractivity contribution in [2.45, 2.75) is 18.9 Å². The largest absolute Gasteiger partial charge is 0.396 e. The molecule has 0 heterocycles. The van der Waals surface area contributed by atoms with Gasteiger partial charge in [0, 0.05) is 18.4 Å². The molecular weight excluding hydrogens is 128 g/mol. The van der Waals surface area contributed by atoms with Crippen molar-refractivity contribution in [3.63, 3.8) is 0 Å². The fourth-order valence-electron chi connectivity index (χ4n) is 1.44. The van der Waals surface area contributed by atoms with Crippen LogP contribution in [-0.4, -0.2) is 22.9 Å². The van der Waals surface area contributed by atoms with Crippen LogP contribution in [0.15, 0.2) is 0 Å². The highest BCUT2D eigenvalue weighted by Crippen LogP contribution is 2.29. The van der Waals surface area contributed by atoms with Crippen molar-refractivity contribution in [2.75, 3.05) is 6.61 Å². The average molecular weight is 140 g/mol. The molecule has 0 saturated heterocycles. The lowest BCUT2D eigenvalue weighted by Gasteiger charge is -2.08. The van der Waals surface area contributed by atoms with Gasteiger partial charge in [-0.15, -0.1) is 12.3 Å². The zero-order valence-electron chi connectivity index (χ0n) is 5.83. The summed E-state index contributed by atoms with van der Waals surface area (Å²) in [5.74, 6) is 2.78.